The smallest absolute Gasteiger partial charge is 0.255 e. The number of amides is 1. The molecule has 0 unspecified atom stereocenters. The largest absolute Gasteiger partial charge is 0.508 e. The van der Waals surface area contributed by atoms with Crippen LogP contribution in [-0.2, 0) is 27.3 Å². The molecule has 1 amide bonds. The van der Waals surface area contributed by atoms with Crippen molar-refractivity contribution < 1.29 is 34.8 Å². The first-order chi connectivity index (χ1) is 21.5. The molecular formula is C34H42N4O7S. The highest BCUT2D eigenvalue weighted by atomic mass is 32.1. The number of aliphatic hydroxyl groups excluding tert-OH is 2. The van der Waals surface area contributed by atoms with E-state index in [9.17, 15) is 34.8 Å². The molecule has 6 rings (SSSR count). The maximum atomic E-state index is 14.6. The molecule has 3 aliphatic carbocycles. The standard InChI is InChI=1S/C34H42N4O7S/c1-32-14-19-20(36(3)4)13-18(21-10-9-17(46-21)15-38-11-7-8-12-38)25(39)22(19)26(40)24(32)30(43)34(45)29(42)23(31(35)44)27(41)28(37(5)6)33(34,2)16-32/h9-10,13,28,39-40,42,45H,7-8,11-12,14-16H2,1-6H3,(H2,35,44)/t28-,32+,33+,34-/m1/s1. The van der Waals surface area contributed by atoms with Gasteiger partial charge < -0.3 is 31.1 Å². The second-order valence-corrected chi connectivity index (χ2v) is 15.4. The molecule has 4 aliphatic rings. The Kier molecular flexibility index (Phi) is 7.47. The number of primary amides is 1. The molecule has 11 nitrogen and oxygen atoms in total. The van der Waals surface area contributed by atoms with E-state index in [1.165, 1.54) is 17.7 Å². The molecule has 0 spiro atoms. The maximum Gasteiger partial charge on any atom is 0.255 e. The highest BCUT2D eigenvalue weighted by Crippen LogP contribution is 2.64. The number of hydrogen-bond donors (Lipinski definition) is 5. The Balaban J connectivity index is 1.56. The Hall–Kier alpha value is -3.71. The minimum Gasteiger partial charge on any atom is -0.508 e. The number of hydrogen-bond acceptors (Lipinski definition) is 11. The van der Waals surface area contributed by atoms with E-state index in [1.807, 2.05) is 37.2 Å². The average Bonchev–Trinajstić information content (AvgIpc) is 3.63. The molecule has 46 heavy (non-hydrogen) atoms. The van der Waals surface area contributed by atoms with Crippen LogP contribution in [0.4, 0.5) is 5.69 Å². The van der Waals surface area contributed by atoms with Gasteiger partial charge in [0.25, 0.3) is 5.91 Å². The number of Topliss-reactive ketones (excluding diaryl/α,β-unsaturated/α-hetero) is 2. The number of ketones is 2. The highest BCUT2D eigenvalue weighted by Gasteiger charge is 2.72. The number of aliphatic hydroxyl groups is 3. The van der Waals surface area contributed by atoms with Crippen molar-refractivity contribution in [3.63, 3.8) is 0 Å². The van der Waals surface area contributed by atoms with Crippen molar-refractivity contribution >= 4 is 40.3 Å². The summed E-state index contributed by atoms with van der Waals surface area (Å²) in [6, 6.07) is 4.69. The van der Waals surface area contributed by atoms with Crippen molar-refractivity contribution in [2.45, 2.75) is 57.7 Å². The van der Waals surface area contributed by atoms with Crippen molar-refractivity contribution in [2.24, 2.45) is 16.6 Å². The summed E-state index contributed by atoms with van der Waals surface area (Å²) in [4.78, 5) is 48.4. The Morgan fingerprint density at radius 1 is 1.09 bits per heavy atom. The second-order valence-electron chi connectivity index (χ2n) is 14.2. The van der Waals surface area contributed by atoms with Crippen LogP contribution in [0, 0.1) is 10.8 Å². The van der Waals surface area contributed by atoms with Crippen LogP contribution in [0.5, 0.6) is 5.75 Å². The lowest BCUT2D eigenvalue weighted by Gasteiger charge is -2.59. The fourth-order valence-corrected chi connectivity index (χ4v) is 9.79. The number of rotatable bonds is 6. The van der Waals surface area contributed by atoms with Crippen LogP contribution >= 0.6 is 11.3 Å². The first-order valence-electron chi connectivity index (χ1n) is 15.5. The number of likely N-dealkylation sites (N-methyl/N-ethyl adjacent to an activating group) is 1. The molecule has 4 atom stereocenters. The van der Waals surface area contributed by atoms with E-state index in [2.05, 4.69) is 4.90 Å². The summed E-state index contributed by atoms with van der Waals surface area (Å²) in [5, 5.41) is 47.4. The normalized spacial score (nSPS) is 29.7. The number of benzene rings is 1. The quantitative estimate of drug-likeness (QED) is 0.293. The average molecular weight is 651 g/mol. The van der Waals surface area contributed by atoms with Crippen LogP contribution in [0.3, 0.4) is 0 Å². The number of likely N-dealkylation sites (tertiary alicyclic amines) is 1. The van der Waals surface area contributed by atoms with E-state index in [0.717, 1.165) is 35.1 Å². The maximum absolute atomic E-state index is 14.6. The third-order valence-corrected chi connectivity index (χ3v) is 11.7. The number of thiophene rings is 1. The van der Waals surface area contributed by atoms with Crippen molar-refractivity contribution in [3.05, 3.63) is 51.1 Å². The fraction of sp³-hybridized carbons (Fsp3) is 0.500. The molecule has 1 saturated heterocycles. The van der Waals surface area contributed by atoms with Crippen LogP contribution in [0.15, 0.2) is 35.1 Å². The SMILES string of the molecule is CN(C)c1cc(-c2ccc(CN3CCCC3)s2)c(O)c2c1C[C@@]1(C)C[C@@]3(C)[C@H](N(C)C)C(=O)C(C(N)=O)=C(O)[C@@]3(O)C(=O)C1=C2O. The van der Waals surface area contributed by atoms with Gasteiger partial charge in [0.1, 0.15) is 22.8 Å². The van der Waals surface area contributed by atoms with Gasteiger partial charge in [0.15, 0.2) is 11.4 Å². The van der Waals surface area contributed by atoms with Gasteiger partial charge in [-0.25, -0.2) is 0 Å². The molecule has 6 N–H and O–H groups in total. The van der Waals surface area contributed by atoms with Gasteiger partial charge in [0.05, 0.1) is 11.6 Å². The number of carbonyl (C=O) groups is 3. The lowest BCUT2D eigenvalue weighted by molar-refractivity contribution is -0.175. The van der Waals surface area contributed by atoms with E-state index in [0.29, 0.717) is 11.1 Å². The lowest BCUT2D eigenvalue weighted by atomic mass is 9.46. The molecule has 2 heterocycles. The van der Waals surface area contributed by atoms with E-state index in [-0.39, 0.29) is 29.7 Å². The molecule has 1 aliphatic heterocycles. The highest BCUT2D eigenvalue weighted by molar-refractivity contribution is 7.15. The molecule has 246 valence electrons. The number of anilines is 1. The minimum absolute atomic E-state index is 0.0219. The van der Waals surface area contributed by atoms with Gasteiger partial charge in [-0.15, -0.1) is 11.3 Å². The zero-order chi connectivity index (χ0) is 33.7. The molecule has 12 heteroatoms. The molecule has 2 aromatic rings. The summed E-state index contributed by atoms with van der Waals surface area (Å²) in [6.45, 7) is 6.24. The van der Waals surface area contributed by atoms with Gasteiger partial charge in [-0.3, -0.25) is 24.2 Å². The molecule has 1 aromatic heterocycles. The van der Waals surface area contributed by atoms with Crippen molar-refractivity contribution in [1.29, 1.82) is 0 Å². The summed E-state index contributed by atoms with van der Waals surface area (Å²) in [7, 11) is 6.91. The Bertz CT molecular complexity index is 1750. The fourth-order valence-electron chi connectivity index (χ4n) is 8.73. The third-order valence-electron chi connectivity index (χ3n) is 10.6. The van der Waals surface area contributed by atoms with Crippen LogP contribution in [0.1, 0.15) is 49.1 Å². The number of aromatic hydroxyl groups is 1. The monoisotopic (exact) mass is 650 g/mol. The molecular weight excluding hydrogens is 608 g/mol. The number of fused-ring (bicyclic) bond motifs is 3. The third kappa shape index (κ3) is 4.30. The van der Waals surface area contributed by atoms with Gasteiger partial charge in [-0.2, -0.15) is 0 Å². The van der Waals surface area contributed by atoms with E-state index >= 15 is 0 Å². The van der Waals surface area contributed by atoms with Gasteiger partial charge in [-0.1, -0.05) is 13.8 Å². The number of nitrogens with two attached hydrogens (primary N) is 1. The van der Waals surface area contributed by atoms with Gasteiger partial charge in [0.2, 0.25) is 5.78 Å². The zero-order valence-corrected chi connectivity index (χ0v) is 27.9. The van der Waals surface area contributed by atoms with E-state index in [1.54, 1.807) is 39.3 Å². The van der Waals surface area contributed by atoms with Crippen LogP contribution < -0.4 is 10.6 Å². The van der Waals surface area contributed by atoms with E-state index < -0.39 is 57.0 Å². The van der Waals surface area contributed by atoms with Crippen LogP contribution in [0.25, 0.3) is 16.2 Å². The summed E-state index contributed by atoms with van der Waals surface area (Å²) < 4.78 is 0. The summed E-state index contributed by atoms with van der Waals surface area (Å²) in [5.41, 5.74) is 0.913. The number of phenols is 1. The van der Waals surface area contributed by atoms with Gasteiger partial charge in [0, 0.05) is 58.0 Å². The van der Waals surface area contributed by atoms with Crippen LogP contribution in [-0.4, -0.2) is 101 Å². The summed E-state index contributed by atoms with van der Waals surface area (Å²) in [5.74, 6) is -4.91. The minimum atomic E-state index is -2.75. The topological polar surface area (TPSA) is 168 Å². The second kappa shape index (κ2) is 10.7. The first-order valence-corrected chi connectivity index (χ1v) is 16.3. The van der Waals surface area contributed by atoms with Crippen LogP contribution in [0.2, 0.25) is 0 Å². The van der Waals surface area contributed by atoms with Gasteiger partial charge >= 0.3 is 0 Å². The van der Waals surface area contributed by atoms with Gasteiger partial charge in [-0.05, 0) is 76.6 Å². The molecule has 0 bridgehead atoms. The van der Waals surface area contributed by atoms with Crippen molar-refractivity contribution in [1.82, 2.24) is 9.80 Å². The first kappa shape index (κ1) is 32.2. The Labute approximate surface area is 272 Å². The van der Waals surface area contributed by atoms with E-state index in [4.69, 9.17) is 5.73 Å². The molecule has 1 aromatic carbocycles. The predicted molar refractivity (Wildman–Crippen MR) is 176 cm³/mol. The van der Waals surface area contributed by atoms with Crippen molar-refractivity contribution in [2.75, 3.05) is 46.2 Å². The summed E-state index contributed by atoms with van der Waals surface area (Å²) >= 11 is 1.56. The zero-order valence-electron chi connectivity index (χ0n) is 27.1. The number of carbonyl (C=O) groups excluding carboxylic acids is 3. The Morgan fingerprint density at radius 3 is 2.33 bits per heavy atom. The Morgan fingerprint density at radius 2 is 1.74 bits per heavy atom. The summed E-state index contributed by atoms with van der Waals surface area (Å²) in [6.07, 6.45) is 2.53. The number of nitrogens with zero attached hydrogens (tertiary/aromatic N) is 3. The predicted octanol–water partition coefficient (Wildman–Crippen LogP) is 3.13. The van der Waals surface area contributed by atoms with Crippen molar-refractivity contribution in [3.8, 4) is 16.2 Å². The molecule has 0 radical (unpaired) electrons. The lowest BCUT2D eigenvalue weighted by Crippen LogP contribution is -2.72. The molecule has 1 saturated carbocycles. The molecule has 2 fully saturated rings. The number of phenolic OH excluding ortho intramolecular Hbond substituents is 1.